The lowest BCUT2D eigenvalue weighted by molar-refractivity contribution is -0.116. The van der Waals surface area contributed by atoms with E-state index in [9.17, 15) is 4.79 Å². The Morgan fingerprint density at radius 3 is 3.16 bits per heavy atom. The van der Waals surface area contributed by atoms with Crippen LogP contribution >= 0.6 is 11.3 Å². The van der Waals surface area contributed by atoms with E-state index in [-0.39, 0.29) is 5.91 Å². The molecule has 19 heavy (non-hydrogen) atoms. The Balaban J connectivity index is 1.64. The second kappa shape index (κ2) is 5.19. The summed E-state index contributed by atoms with van der Waals surface area (Å²) >= 11 is 1.41. The molecule has 3 aromatic rings. The fourth-order valence-electron chi connectivity index (χ4n) is 1.88. The number of nitrogens with zero attached hydrogens (tertiary/aromatic N) is 3. The van der Waals surface area contributed by atoms with E-state index in [4.69, 9.17) is 0 Å². The average Bonchev–Trinajstić information content (AvgIpc) is 3.05. The van der Waals surface area contributed by atoms with Crippen LogP contribution in [0.3, 0.4) is 0 Å². The maximum atomic E-state index is 11.8. The number of hydrogen-bond donors (Lipinski definition) is 1. The van der Waals surface area contributed by atoms with Crippen LogP contribution in [0.5, 0.6) is 0 Å². The molecule has 0 aromatic carbocycles. The molecule has 0 saturated heterocycles. The number of pyridine rings is 1. The fourth-order valence-corrected chi connectivity index (χ4v) is 2.42. The van der Waals surface area contributed by atoms with Crippen LogP contribution in [-0.4, -0.2) is 20.3 Å². The molecule has 3 rings (SSSR count). The van der Waals surface area contributed by atoms with Crippen LogP contribution in [-0.2, 0) is 11.2 Å². The molecule has 3 aromatic heterocycles. The van der Waals surface area contributed by atoms with Crippen LogP contribution in [0.15, 0.2) is 42.2 Å². The van der Waals surface area contributed by atoms with Crippen molar-refractivity contribution >= 4 is 27.9 Å². The molecule has 5 nitrogen and oxygen atoms in total. The molecule has 0 aliphatic rings. The summed E-state index contributed by atoms with van der Waals surface area (Å²) < 4.78 is 2.00. The molecule has 1 N–H and O–H groups in total. The number of thiazole rings is 1. The number of fused-ring (bicyclic) bond motifs is 1. The third kappa shape index (κ3) is 2.63. The molecular weight excluding hydrogens is 260 g/mol. The van der Waals surface area contributed by atoms with Crippen LogP contribution in [0.1, 0.15) is 12.2 Å². The van der Waals surface area contributed by atoms with E-state index in [2.05, 4.69) is 15.3 Å². The molecular formula is C13H12N4OS. The zero-order valence-electron chi connectivity index (χ0n) is 10.1. The molecule has 0 aliphatic heterocycles. The van der Waals surface area contributed by atoms with Crippen molar-refractivity contribution in [3.05, 3.63) is 48.0 Å². The summed E-state index contributed by atoms with van der Waals surface area (Å²) in [6, 6.07) is 5.91. The van der Waals surface area contributed by atoms with E-state index >= 15 is 0 Å². The smallest absolute Gasteiger partial charge is 0.226 e. The number of anilines is 1. The van der Waals surface area contributed by atoms with Gasteiger partial charge in [0.2, 0.25) is 5.91 Å². The lowest BCUT2D eigenvalue weighted by Gasteiger charge is -2.02. The molecule has 0 atom stereocenters. The monoisotopic (exact) mass is 272 g/mol. The van der Waals surface area contributed by atoms with Gasteiger partial charge in [-0.2, -0.15) is 0 Å². The first-order valence-corrected chi connectivity index (χ1v) is 6.81. The van der Waals surface area contributed by atoms with Gasteiger partial charge in [0.25, 0.3) is 0 Å². The van der Waals surface area contributed by atoms with Crippen molar-refractivity contribution in [1.82, 2.24) is 14.4 Å². The van der Waals surface area contributed by atoms with Gasteiger partial charge in [0.05, 0.1) is 11.7 Å². The van der Waals surface area contributed by atoms with Crippen molar-refractivity contribution in [3.8, 4) is 0 Å². The van der Waals surface area contributed by atoms with Crippen molar-refractivity contribution < 1.29 is 4.79 Å². The highest BCUT2D eigenvalue weighted by Crippen LogP contribution is 2.12. The Hall–Kier alpha value is -2.21. The predicted molar refractivity (Wildman–Crippen MR) is 74.3 cm³/mol. The predicted octanol–water partition coefficient (Wildman–Crippen LogP) is 2.36. The largest absolute Gasteiger partial charge is 0.304 e. The molecule has 0 fully saturated rings. The van der Waals surface area contributed by atoms with Crippen LogP contribution in [0.4, 0.5) is 5.13 Å². The van der Waals surface area contributed by atoms with E-state index < -0.39 is 0 Å². The van der Waals surface area contributed by atoms with E-state index in [1.807, 2.05) is 40.4 Å². The molecule has 0 unspecified atom stereocenters. The number of amides is 1. The molecule has 0 aliphatic carbocycles. The van der Waals surface area contributed by atoms with Gasteiger partial charge < -0.3 is 9.72 Å². The maximum absolute atomic E-state index is 11.8. The Labute approximate surface area is 113 Å². The van der Waals surface area contributed by atoms with E-state index in [1.54, 1.807) is 6.20 Å². The van der Waals surface area contributed by atoms with Gasteiger partial charge in [0.1, 0.15) is 5.82 Å². The van der Waals surface area contributed by atoms with Crippen molar-refractivity contribution in [1.29, 1.82) is 0 Å². The Morgan fingerprint density at radius 2 is 2.32 bits per heavy atom. The lowest BCUT2D eigenvalue weighted by Crippen LogP contribution is -2.12. The zero-order chi connectivity index (χ0) is 13.1. The number of rotatable bonds is 4. The molecule has 3 heterocycles. The maximum Gasteiger partial charge on any atom is 0.226 e. The summed E-state index contributed by atoms with van der Waals surface area (Å²) in [4.78, 5) is 20.1. The number of aryl methyl sites for hydroxylation is 1. The van der Waals surface area contributed by atoms with E-state index in [0.717, 1.165) is 11.3 Å². The minimum atomic E-state index is -0.0392. The summed E-state index contributed by atoms with van der Waals surface area (Å²) in [5, 5.41) is 5.23. The fraction of sp³-hybridized carbons (Fsp3) is 0.154. The molecule has 0 radical (unpaired) electrons. The van der Waals surface area contributed by atoms with Crippen molar-refractivity contribution in [2.75, 3.05) is 5.32 Å². The van der Waals surface area contributed by atoms with Gasteiger partial charge in [-0.25, -0.2) is 9.97 Å². The number of aromatic nitrogens is 3. The van der Waals surface area contributed by atoms with Crippen molar-refractivity contribution in [3.63, 3.8) is 0 Å². The van der Waals surface area contributed by atoms with Crippen LogP contribution in [0.2, 0.25) is 0 Å². The first-order chi connectivity index (χ1) is 9.33. The number of carbonyl (C=O) groups excluding carboxylic acids is 1. The number of nitrogens with one attached hydrogen (secondary N) is 1. The standard InChI is InChI=1S/C13H12N4OS/c18-12(16-13-14-6-8-19-13)5-4-11-15-9-10-3-1-2-7-17(10)11/h1-3,6-9H,4-5H2,(H,14,16,18). The van der Waals surface area contributed by atoms with Crippen LogP contribution < -0.4 is 5.32 Å². The average molecular weight is 272 g/mol. The third-order valence-corrected chi connectivity index (χ3v) is 3.46. The van der Waals surface area contributed by atoms with Gasteiger partial charge in [-0.1, -0.05) is 6.07 Å². The quantitative estimate of drug-likeness (QED) is 0.793. The number of imidazole rings is 1. The zero-order valence-corrected chi connectivity index (χ0v) is 10.9. The second-order valence-corrected chi connectivity index (χ2v) is 4.95. The lowest BCUT2D eigenvalue weighted by atomic mass is 10.3. The highest BCUT2D eigenvalue weighted by Gasteiger charge is 2.08. The van der Waals surface area contributed by atoms with Crippen molar-refractivity contribution in [2.45, 2.75) is 12.8 Å². The summed E-state index contributed by atoms with van der Waals surface area (Å²) in [6.45, 7) is 0. The Kier molecular flexibility index (Phi) is 3.24. The van der Waals surface area contributed by atoms with Gasteiger partial charge in [-0.3, -0.25) is 4.79 Å². The minimum absolute atomic E-state index is 0.0392. The topological polar surface area (TPSA) is 59.3 Å². The van der Waals surface area contributed by atoms with Gasteiger partial charge in [-0.05, 0) is 12.1 Å². The SMILES string of the molecule is O=C(CCc1ncc2ccccn12)Nc1nccs1. The van der Waals surface area contributed by atoms with Gasteiger partial charge in [-0.15, -0.1) is 11.3 Å². The van der Waals surface area contributed by atoms with Gasteiger partial charge in [0.15, 0.2) is 5.13 Å². The van der Waals surface area contributed by atoms with Crippen LogP contribution in [0.25, 0.3) is 5.52 Å². The highest BCUT2D eigenvalue weighted by molar-refractivity contribution is 7.13. The summed E-state index contributed by atoms with van der Waals surface area (Å²) in [7, 11) is 0. The summed E-state index contributed by atoms with van der Waals surface area (Å²) in [5.74, 6) is 0.854. The molecule has 6 heteroatoms. The molecule has 0 bridgehead atoms. The molecule has 0 spiro atoms. The summed E-state index contributed by atoms with van der Waals surface area (Å²) in [6.07, 6.45) is 6.44. The van der Waals surface area contributed by atoms with Gasteiger partial charge >= 0.3 is 0 Å². The second-order valence-electron chi connectivity index (χ2n) is 4.06. The minimum Gasteiger partial charge on any atom is -0.304 e. The van der Waals surface area contributed by atoms with Gasteiger partial charge in [0, 0.05) is 30.6 Å². The highest BCUT2D eigenvalue weighted by atomic mass is 32.1. The number of carbonyl (C=O) groups is 1. The normalized spacial score (nSPS) is 10.7. The Morgan fingerprint density at radius 1 is 1.37 bits per heavy atom. The first-order valence-electron chi connectivity index (χ1n) is 5.93. The molecule has 0 saturated carbocycles. The first kappa shape index (κ1) is 11.9. The van der Waals surface area contributed by atoms with E-state index in [1.165, 1.54) is 11.3 Å². The molecule has 1 amide bonds. The summed E-state index contributed by atoms with van der Waals surface area (Å²) in [5.41, 5.74) is 1.04. The van der Waals surface area contributed by atoms with Crippen LogP contribution in [0, 0.1) is 0 Å². The third-order valence-electron chi connectivity index (χ3n) is 2.77. The molecule has 96 valence electrons. The van der Waals surface area contributed by atoms with E-state index in [0.29, 0.717) is 18.0 Å². The number of hydrogen-bond acceptors (Lipinski definition) is 4. The van der Waals surface area contributed by atoms with Crippen molar-refractivity contribution in [2.24, 2.45) is 0 Å². The Bertz CT molecular complexity index is 690.